The summed E-state index contributed by atoms with van der Waals surface area (Å²) in [7, 11) is 0. The Balaban J connectivity index is 2.12. The fourth-order valence-corrected chi connectivity index (χ4v) is 2.26. The average molecular weight is 240 g/mol. The standard InChI is InChI=1S/C12H18ClN3/c1-9(2)10-6-11(15-8-14-10)16-12(7-13)4-3-5-12/h6,8-9H,3-5,7H2,1-2H3,(H,14,15,16). The van der Waals surface area contributed by atoms with Crippen molar-refractivity contribution in [2.75, 3.05) is 11.2 Å². The van der Waals surface area contributed by atoms with Crippen molar-refractivity contribution in [3.05, 3.63) is 18.1 Å². The number of halogens is 1. The van der Waals surface area contributed by atoms with E-state index in [1.165, 1.54) is 6.42 Å². The Hall–Kier alpha value is -0.830. The van der Waals surface area contributed by atoms with Crippen LogP contribution in [0.4, 0.5) is 5.82 Å². The van der Waals surface area contributed by atoms with Gasteiger partial charge in [0.05, 0.1) is 5.54 Å². The number of hydrogen-bond donors (Lipinski definition) is 1. The van der Waals surface area contributed by atoms with Crippen molar-refractivity contribution in [2.45, 2.75) is 44.6 Å². The van der Waals surface area contributed by atoms with Gasteiger partial charge in [-0.15, -0.1) is 11.6 Å². The summed E-state index contributed by atoms with van der Waals surface area (Å²) in [6, 6.07) is 2.03. The van der Waals surface area contributed by atoms with Gasteiger partial charge in [0.25, 0.3) is 0 Å². The van der Waals surface area contributed by atoms with E-state index in [1.54, 1.807) is 6.33 Å². The smallest absolute Gasteiger partial charge is 0.130 e. The van der Waals surface area contributed by atoms with Crippen LogP contribution >= 0.6 is 11.6 Å². The van der Waals surface area contributed by atoms with Gasteiger partial charge in [-0.05, 0) is 25.2 Å². The molecular weight excluding hydrogens is 222 g/mol. The summed E-state index contributed by atoms with van der Waals surface area (Å²) in [6.45, 7) is 4.26. The second-order valence-corrected chi connectivity index (χ2v) is 5.14. The maximum atomic E-state index is 6.01. The third-order valence-electron chi connectivity index (χ3n) is 3.24. The first-order valence-corrected chi connectivity index (χ1v) is 6.35. The molecule has 1 N–H and O–H groups in total. The van der Waals surface area contributed by atoms with Crippen LogP contribution in [0.5, 0.6) is 0 Å². The summed E-state index contributed by atoms with van der Waals surface area (Å²) in [5.41, 5.74) is 1.14. The molecule has 0 aromatic carbocycles. The Morgan fingerprint density at radius 3 is 2.69 bits per heavy atom. The fraction of sp³-hybridized carbons (Fsp3) is 0.667. The van der Waals surface area contributed by atoms with Gasteiger partial charge in [0.1, 0.15) is 12.1 Å². The molecule has 0 radical (unpaired) electrons. The van der Waals surface area contributed by atoms with Crippen molar-refractivity contribution in [1.29, 1.82) is 0 Å². The van der Waals surface area contributed by atoms with Crippen LogP contribution in [-0.4, -0.2) is 21.4 Å². The Bertz CT molecular complexity index is 356. The van der Waals surface area contributed by atoms with E-state index in [-0.39, 0.29) is 5.54 Å². The molecule has 0 amide bonds. The molecule has 1 fully saturated rings. The molecule has 0 unspecified atom stereocenters. The molecule has 1 saturated carbocycles. The van der Waals surface area contributed by atoms with E-state index in [4.69, 9.17) is 11.6 Å². The summed E-state index contributed by atoms with van der Waals surface area (Å²) in [5, 5.41) is 3.45. The lowest BCUT2D eigenvalue weighted by atomic mass is 9.78. The highest BCUT2D eigenvalue weighted by Gasteiger charge is 2.36. The molecule has 0 bridgehead atoms. The highest BCUT2D eigenvalue weighted by molar-refractivity contribution is 6.19. The van der Waals surface area contributed by atoms with Gasteiger partial charge in [-0.3, -0.25) is 0 Å². The van der Waals surface area contributed by atoms with Gasteiger partial charge in [0.2, 0.25) is 0 Å². The van der Waals surface area contributed by atoms with E-state index < -0.39 is 0 Å². The lowest BCUT2D eigenvalue weighted by Gasteiger charge is -2.41. The lowest BCUT2D eigenvalue weighted by molar-refractivity contribution is 0.310. The average Bonchev–Trinajstić information content (AvgIpc) is 2.24. The topological polar surface area (TPSA) is 37.8 Å². The number of nitrogens with zero attached hydrogens (tertiary/aromatic N) is 2. The SMILES string of the molecule is CC(C)c1cc(NC2(CCl)CCC2)ncn1. The Morgan fingerprint density at radius 1 is 1.44 bits per heavy atom. The van der Waals surface area contributed by atoms with Crippen LogP contribution in [0.1, 0.15) is 44.7 Å². The zero-order valence-corrected chi connectivity index (χ0v) is 10.6. The third kappa shape index (κ3) is 2.29. The fourth-order valence-electron chi connectivity index (χ4n) is 1.92. The van der Waals surface area contributed by atoms with Crippen LogP contribution in [0.25, 0.3) is 0 Å². The minimum atomic E-state index is 0.0736. The van der Waals surface area contributed by atoms with Gasteiger partial charge in [0.15, 0.2) is 0 Å². The first-order chi connectivity index (χ1) is 7.65. The van der Waals surface area contributed by atoms with Gasteiger partial charge >= 0.3 is 0 Å². The highest BCUT2D eigenvalue weighted by atomic mass is 35.5. The zero-order chi connectivity index (χ0) is 11.6. The normalized spacial score (nSPS) is 18.2. The molecule has 1 heterocycles. The summed E-state index contributed by atoms with van der Waals surface area (Å²) in [5.74, 6) is 1.98. The van der Waals surface area contributed by atoms with Gasteiger partial charge in [-0.2, -0.15) is 0 Å². The number of anilines is 1. The lowest BCUT2D eigenvalue weighted by Crippen LogP contribution is -2.47. The van der Waals surface area contributed by atoms with Crippen LogP contribution in [-0.2, 0) is 0 Å². The van der Waals surface area contributed by atoms with Crippen molar-refractivity contribution in [1.82, 2.24) is 9.97 Å². The molecule has 3 nitrogen and oxygen atoms in total. The van der Waals surface area contributed by atoms with E-state index in [0.29, 0.717) is 11.8 Å². The molecule has 4 heteroatoms. The molecule has 88 valence electrons. The van der Waals surface area contributed by atoms with Gasteiger partial charge in [-0.25, -0.2) is 9.97 Å². The maximum absolute atomic E-state index is 6.01. The molecule has 1 aromatic heterocycles. The Morgan fingerprint density at radius 2 is 2.19 bits per heavy atom. The van der Waals surface area contributed by atoms with E-state index >= 15 is 0 Å². The van der Waals surface area contributed by atoms with Crippen molar-refractivity contribution in [2.24, 2.45) is 0 Å². The minimum absolute atomic E-state index is 0.0736. The number of aromatic nitrogens is 2. The molecule has 1 aromatic rings. The molecule has 0 atom stereocenters. The molecule has 0 saturated heterocycles. The molecule has 2 rings (SSSR count). The molecule has 1 aliphatic rings. The van der Waals surface area contributed by atoms with E-state index in [2.05, 4.69) is 29.1 Å². The highest BCUT2D eigenvalue weighted by Crippen LogP contribution is 2.36. The molecule has 16 heavy (non-hydrogen) atoms. The monoisotopic (exact) mass is 239 g/mol. The second-order valence-electron chi connectivity index (χ2n) is 4.88. The largest absolute Gasteiger partial charge is 0.363 e. The molecule has 0 spiro atoms. The van der Waals surface area contributed by atoms with Crippen molar-refractivity contribution in [3.63, 3.8) is 0 Å². The van der Waals surface area contributed by atoms with Crippen LogP contribution < -0.4 is 5.32 Å². The first-order valence-electron chi connectivity index (χ1n) is 5.81. The zero-order valence-electron chi connectivity index (χ0n) is 9.83. The van der Waals surface area contributed by atoms with Crippen molar-refractivity contribution >= 4 is 17.4 Å². The van der Waals surface area contributed by atoms with E-state index in [9.17, 15) is 0 Å². The van der Waals surface area contributed by atoms with Crippen LogP contribution in [0, 0.1) is 0 Å². The summed E-state index contributed by atoms with van der Waals surface area (Å²) < 4.78 is 0. The van der Waals surface area contributed by atoms with Crippen LogP contribution in [0.15, 0.2) is 12.4 Å². The third-order valence-corrected chi connectivity index (χ3v) is 3.75. The second kappa shape index (κ2) is 4.58. The molecular formula is C12H18ClN3. The van der Waals surface area contributed by atoms with Crippen LogP contribution in [0.3, 0.4) is 0 Å². The predicted molar refractivity (Wildman–Crippen MR) is 67.0 cm³/mol. The summed E-state index contributed by atoms with van der Waals surface area (Å²) in [6.07, 6.45) is 5.15. The molecule has 1 aliphatic carbocycles. The van der Waals surface area contributed by atoms with Gasteiger partial charge < -0.3 is 5.32 Å². The minimum Gasteiger partial charge on any atom is -0.363 e. The van der Waals surface area contributed by atoms with Crippen molar-refractivity contribution < 1.29 is 0 Å². The Labute approximate surface area is 102 Å². The first kappa shape index (κ1) is 11.6. The quantitative estimate of drug-likeness (QED) is 0.821. The maximum Gasteiger partial charge on any atom is 0.130 e. The number of rotatable bonds is 4. The van der Waals surface area contributed by atoms with E-state index in [0.717, 1.165) is 24.4 Å². The van der Waals surface area contributed by atoms with E-state index in [1.807, 2.05) is 6.07 Å². The summed E-state index contributed by atoms with van der Waals surface area (Å²) >= 11 is 6.01. The van der Waals surface area contributed by atoms with Crippen LogP contribution in [0.2, 0.25) is 0 Å². The Kier molecular flexibility index (Phi) is 3.33. The van der Waals surface area contributed by atoms with Gasteiger partial charge in [0, 0.05) is 17.6 Å². The number of alkyl halides is 1. The predicted octanol–water partition coefficient (Wildman–Crippen LogP) is 3.17. The van der Waals surface area contributed by atoms with Crippen molar-refractivity contribution in [3.8, 4) is 0 Å². The summed E-state index contributed by atoms with van der Waals surface area (Å²) in [4.78, 5) is 8.51. The number of nitrogens with one attached hydrogen (secondary N) is 1. The van der Waals surface area contributed by atoms with Gasteiger partial charge in [-0.1, -0.05) is 13.8 Å². The molecule has 0 aliphatic heterocycles. The number of hydrogen-bond acceptors (Lipinski definition) is 3.